The quantitative estimate of drug-likeness (QED) is 0.474. The van der Waals surface area contributed by atoms with Gasteiger partial charge in [0.1, 0.15) is 0 Å². The van der Waals surface area contributed by atoms with E-state index in [1.54, 1.807) is 22.2 Å². The highest BCUT2D eigenvalue weighted by atomic mass is 32.2. The van der Waals surface area contributed by atoms with Crippen LogP contribution in [0.15, 0.2) is 65.4 Å². The zero-order valence-corrected chi connectivity index (χ0v) is 16.8. The molecule has 0 aliphatic heterocycles. The lowest BCUT2D eigenvalue weighted by Crippen LogP contribution is -2.24. The lowest BCUT2D eigenvalue weighted by Gasteiger charge is -2.04. The zero-order valence-electron chi connectivity index (χ0n) is 15.1. The van der Waals surface area contributed by atoms with E-state index in [0.29, 0.717) is 6.54 Å². The zero-order chi connectivity index (χ0) is 19.3. The number of amides is 1. The molecule has 3 aromatic heterocycles. The molecule has 0 aliphatic carbocycles. The van der Waals surface area contributed by atoms with Gasteiger partial charge in [-0.1, -0.05) is 36.0 Å². The lowest BCUT2D eigenvalue weighted by molar-refractivity contribution is -0.118. The van der Waals surface area contributed by atoms with Crippen molar-refractivity contribution < 1.29 is 4.79 Å². The maximum atomic E-state index is 12.2. The van der Waals surface area contributed by atoms with Crippen LogP contribution < -0.4 is 5.32 Å². The SMILES string of the molecule is Cn1c(SCC(=O)NCc2cnn(-c3ccccc3)c2)nnc1-c1cccs1. The van der Waals surface area contributed by atoms with Crippen molar-refractivity contribution in [3.8, 4) is 16.4 Å². The van der Waals surface area contributed by atoms with Crippen LogP contribution in [0.5, 0.6) is 0 Å². The molecule has 142 valence electrons. The highest BCUT2D eigenvalue weighted by molar-refractivity contribution is 7.99. The standard InChI is InChI=1S/C19H18N6OS2/c1-24-18(16-8-5-9-27-16)22-23-19(24)28-13-17(26)20-10-14-11-21-25(12-14)15-6-3-2-4-7-15/h2-9,11-12H,10,13H2,1H3,(H,20,26). The number of carbonyl (C=O) groups excluding carboxylic acids is 1. The van der Waals surface area contributed by atoms with Gasteiger partial charge in [-0.25, -0.2) is 4.68 Å². The fourth-order valence-corrected chi connectivity index (χ4v) is 4.10. The maximum absolute atomic E-state index is 12.2. The summed E-state index contributed by atoms with van der Waals surface area (Å²) in [5.74, 6) is 1.04. The Hall–Kier alpha value is -2.91. The van der Waals surface area contributed by atoms with Crippen LogP contribution in [0.25, 0.3) is 16.4 Å². The highest BCUT2D eigenvalue weighted by Gasteiger charge is 2.13. The molecule has 9 heteroatoms. The molecule has 0 unspecified atom stereocenters. The van der Waals surface area contributed by atoms with Gasteiger partial charge in [0.25, 0.3) is 0 Å². The molecule has 1 N–H and O–H groups in total. The van der Waals surface area contributed by atoms with Crippen LogP contribution in [0.1, 0.15) is 5.56 Å². The third kappa shape index (κ3) is 4.15. The number of carbonyl (C=O) groups is 1. The highest BCUT2D eigenvalue weighted by Crippen LogP contribution is 2.25. The summed E-state index contributed by atoms with van der Waals surface area (Å²) in [4.78, 5) is 13.3. The number of nitrogens with one attached hydrogen (secondary N) is 1. The van der Waals surface area contributed by atoms with Crippen molar-refractivity contribution in [1.29, 1.82) is 0 Å². The molecule has 4 rings (SSSR count). The van der Waals surface area contributed by atoms with Crippen molar-refractivity contribution in [2.45, 2.75) is 11.7 Å². The molecule has 1 amide bonds. The molecule has 0 saturated carbocycles. The van der Waals surface area contributed by atoms with Crippen molar-refractivity contribution in [1.82, 2.24) is 29.9 Å². The topological polar surface area (TPSA) is 77.6 Å². The molecule has 28 heavy (non-hydrogen) atoms. The molecule has 7 nitrogen and oxygen atoms in total. The number of para-hydroxylation sites is 1. The second-order valence-corrected chi connectivity index (χ2v) is 7.93. The van der Waals surface area contributed by atoms with Gasteiger partial charge in [0.15, 0.2) is 11.0 Å². The number of hydrogen-bond donors (Lipinski definition) is 1. The Labute approximate surface area is 170 Å². The normalized spacial score (nSPS) is 10.9. The Morgan fingerprint density at radius 3 is 2.82 bits per heavy atom. The Morgan fingerprint density at radius 1 is 1.18 bits per heavy atom. The van der Waals surface area contributed by atoms with Gasteiger partial charge in [0, 0.05) is 25.4 Å². The summed E-state index contributed by atoms with van der Waals surface area (Å²) in [7, 11) is 1.91. The monoisotopic (exact) mass is 410 g/mol. The first-order chi connectivity index (χ1) is 13.7. The van der Waals surface area contributed by atoms with Gasteiger partial charge in [-0.3, -0.25) is 4.79 Å². The average molecular weight is 411 g/mol. The van der Waals surface area contributed by atoms with E-state index in [9.17, 15) is 4.79 Å². The van der Waals surface area contributed by atoms with Gasteiger partial charge >= 0.3 is 0 Å². The van der Waals surface area contributed by atoms with Crippen LogP contribution in [0.4, 0.5) is 0 Å². The molecule has 1 aromatic carbocycles. The molecule has 0 saturated heterocycles. The minimum absolute atomic E-state index is 0.0573. The van der Waals surface area contributed by atoms with Crippen LogP contribution in [-0.2, 0) is 18.4 Å². The second-order valence-electron chi connectivity index (χ2n) is 6.04. The van der Waals surface area contributed by atoms with E-state index in [2.05, 4.69) is 20.6 Å². The predicted molar refractivity (Wildman–Crippen MR) is 110 cm³/mol. The van der Waals surface area contributed by atoms with Gasteiger partial charge in [0.2, 0.25) is 5.91 Å². The first-order valence-corrected chi connectivity index (χ1v) is 10.5. The summed E-state index contributed by atoms with van der Waals surface area (Å²) in [6, 6.07) is 13.8. The van der Waals surface area contributed by atoms with E-state index in [0.717, 1.165) is 27.1 Å². The van der Waals surface area contributed by atoms with Crippen molar-refractivity contribution in [3.63, 3.8) is 0 Å². The van der Waals surface area contributed by atoms with Crippen LogP contribution in [0.3, 0.4) is 0 Å². The summed E-state index contributed by atoms with van der Waals surface area (Å²) >= 11 is 2.99. The molecule has 3 heterocycles. The fraction of sp³-hybridized carbons (Fsp3) is 0.158. The van der Waals surface area contributed by atoms with E-state index in [-0.39, 0.29) is 11.7 Å². The fourth-order valence-electron chi connectivity index (χ4n) is 2.62. The van der Waals surface area contributed by atoms with Gasteiger partial charge in [0.05, 0.1) is 22.5 Å². The van der Waals surface area contributed by atoms with E-state index >= 15 is 0 Å². The summed E-state index contributed by atoms with van der Waals surface area (Å²) in [5, 5.41) is 18.4. The van der Waals surface area contributed by atoms with Crippen LogP contribution in [0.2, 0.25) is 0 Å². The van der Waals surface area contributed by atoms with Crippen LogP contribution in [-0.4, -0.2) is 36.2 Å². The number of nitrogens with zero attached hydrogens (tertiary/aromatic N) is 5. The van der Waals surface area contributed by atoms with Gasteiger partial charge < -0.3 is 9.88 Å². The number of rotatable bonds is 7. The summed E-state index contributed by atoms with van der Waals surface area (Å²) in [5.41, 5.74) is 1.93. The number of hydrogen-bond acceptors (Lipinski definition) is 6. The van der Waals surface area contributed by atoms with E-state index in [4.69, 9.17) is 0 Å². The second kappa shape index (κ2) is 8.41. The van der Waals surface area contributed by atoms with E-state index < -0.39 is 0 Å². The summed E-state index contributed by atoms with van der Waals surface area (Å²) in [6.45, 7) is 0.436. The van der Waals surface area contributed by atoms with Crippen molar-refractivity contribution in [2.75, 3.05) is 5.75 Å². The number of thioether (sulfide) groups is 1. The average Bonchev–Trinajstić information content (AvgIpc) is 3.47. The van der Waals surface area contributed by atoms with Crippen molar-refractivity contribution in [2.24, 2.45) is 7.05 Å². The van der Waals surface area contributed by atoms with Gasteiger partial charge in [-0.2, -0.15) is 5.10 Å². The first-order valence-electron chi connectivity index (χ1n) is 8.62. The first kappa shape index (κ1) is 18.5. The minimum Gasteiger partial charge on any atom is -0.351 e. The predicted octanol–water partition coefficient (Wildman–Crippen LogP) is 3.14. The molecular formula is C19H18N6OS2. The Morgan fingerprint density at radius 2 is 2.04 bits per heavy atom. The Balaban J connectivity index is 1.29. The number of thiophene rings is 1. The molecular weight excluding hydrogens is 392 g/mol. The minimum atomic E-state index is -0.0573. The number of aromatic nitrogens is 5. The van der Waals surface area contributed by atoms with Crippen LogP contribution >= 0.6 is 23.1 Å². The van der Waals surface area contributed by atoms with Crippen molar-refractivity contribution in [3.05, 3.63) is 65.8 Å². The van der Waals surface area contributed by atoms with Gasteiger partial charge in [-0.15, -0.1) is 21.5 Å². The lowest BCUT2D eigenvalue weighted by atomic mass is 10.3. The summed E-state index contributed by atoms with van der Waals surface area (Å²) < 4.78 is 3.70. The summed E-state index contributed by atoms with van der Waals surface area (Å²) in [6.07, 6.45) is 3.68. The maximum Gasteiger partial charge on any atom is 0.230 e. The molecule has 0 radical (unpaired) electrons. The van der Waals surface area contributed by atoms with E-state index in [1.807, 2.05) is 65.7 Å². The van der Waals surface area contributed by atoms with Crippen molar-refractivity contribution >= 4 is 29.0 Å². The largest absolute Gasteiger partial charge is 0.351 e. The molecule has 0 fully saturated rings. The smallest absolute Gasteiger partial charge is 0.230 e. The third-order valence-corrected chi connectivity index (χ3v) is 5.94. The molecule has 0 atom stereocenters. The molecule has 0 aliphatic rings. The van der Waals surface area contributed by atoms with Crippen LogP contribution in [0, 0.1) is 0 Å². The Bertz CT molecular complexity index is 1060. The molecule has 0 bridgehead atoms. The third-order valence-electron chi connectivity index (χ3n) is 4.06. The Kier molecular flexibility index (Phi) is 5.54. The number of benzene rings is 1. The van der Waals surface area contributed by atoms with E-state index in [1.165, 1.54) is 11.8 Å². The molecule has 4 aromatic rings. The molecule has 0 spiro atoms. The van der Waals surface area contributed by atoms with Gasteiger partial charge in [-0.05, 0) is 23.6 Å².